The number of allylic oxidation sites excluding steroid dienone is 8. The monoisotopic (exact) mass is 522 g/mol. The summed E-state index contributed by atoms with van der Waals surface area (Å²) in [4.78, 5) is 0. The van der Waals surface area contributed by atoms with Crippen LogP contribution in [0.25, 0.3) is 0 Å². The van der Waals surface area contributed by atoms with E-state index in [1.54, 1.807) is 0 Å². The molecule has 0 aliphatic heterocycles. The molecule has 4 heteroatoms. The largest absolute Gasteiger partial charge is 1.00 e. The maximum atomic E-state index is 3.29. The molecule has 0 saturated heterocycles. The maximum absolute atomic E-state index is 3.29. The molecule has 0 spiro atoms. The van der Waals surface area contributed by atoms with Crippen LogP contribution in [0.2, 0.25) is 13.1 Å². The second kappa shape index (κ2) is 14.0. The van der Waals surface area contributed by atoms with E-state index in [2.05, 4.69) is 78.9 Å². The Hall–Kier alpha value is 0.627. The van der Waals surface area contributed by atoms with Crippen LogP contribution in [-0.2, 0) is 23.0 Å². The standard InChI is InChI=1S/2C8H11.C2H6Si.2ClH.Hf/c2*1-6-4-7(2)8(3)5-6;1-3-2;;;/h4,8H,1-3H3;4,6H,1-3H3;1-2H3;2*1H;/q2*-1;;;;+2/p-2. The van der Waals surface area contributed by atoms with Gasteiger partial charge in [-0.25, -0.2) is 22.8 Å². The fourth-order valence-electron chi connectivity index (χ4n) is 1.96. The zero-order valence-corrected chi connectivity index (χ0v) is 21.2. The third-order valence-electron chi connectivity index (χ3n) is 3.11. The van der Waals surface area contributed by atoms with E-state index in [9.17, 15) is 0 Å². The Morgan fingerprint density at radius 3 is 1.55 bits per heavy atom. The van der Waals surface area contributed by atoms with E-state index in [-0.39, 0.29) is 30.3 Å². The topological polar surface area (TPSA) is 0 Å². The summed E-state index contributed by atoms with van der Waals surface area (Å²) >= 11 is 1.45. The van der Waals surface area contributed by atoms with Crippen LogP contribution in [0.1, 0.15) is 41.5 Å². The Balaban J connectivity index is -0.000000249. The van der Waals surface area contributed by atoms with Gasteiger partial charge in [-0.3, -0.25) is 12.2 Å². The van der Waals surface area contributed by atoms with Crippen molar-refractivity contribution in [2.75, 3.05) is 0 Å². The maximum Gasteiger partial charge on any atom is -1.00 e. The minimum Gasteiger partial charge on any atom is -1.00 e. The van der Waals surface area contributed by atoms with Gasteiger partial charge in [-0.15, -0.1) is 6.92 Å². The molecule has 22 heavy (non-hydrogen) atoms. The average molecular weight is 522 g/mol. The van der Waals surface area contributed by atoms with Gasteiger partial charge >= 0.3 is 41.6 Å². The number of hydrogen-bond donors (Lipinski definition) is 0. The molecule has 0 aromatic heterocycles. The first-order valence-corrected chi connectivity index (χ1v) is 15.1. The molecule has 2 rings (SSSR count). The van der Waals surface area contributed by atoms with E-state index in [4.69, 9.17) is 0 Å². The summed E-state index contributed by atoms with van der Waals surface area (Å²) in [5.74, 6) is 1.12. The van der Waals surface area contributed by atoms with Crippen molar-refractivity contribution in [1.29, 1.82) is 0 Å². The summed E-state index contributed by atoms with van der Waals surface area (Å²) in [6.45, 7) is 17.5. The molecule has 2 aliphatic carbocycles. The van der Waals surface area contributed by atoms with Gasteiger partial charge in [-0.1, -0.05) is 46.5 Å². The van der Waals surface area contributed by atoms with E-state index < -0.39 is 0 Å². The van der Waals surface area contributed by atoms with E-state index in [1.165, 1.54) is 45.3 Å². The van der Waals surface area contributed by atoms with Crippen LogP contribution in [0, 0.1) is 24.0 Å². The summed E-state index contributed by atoms with van der Waals surface area (Å²) in [5.41, 5.74) is 5.68. The summed E-state index contributed by atoms with van der Waals surface area (Å²) in [6.07, 6.45) is 11.0. The quantitative estimate of drug-likeness (QED) is 0.297. The van der Waals surface area contributed by atoms with Gasteiger partial charge in [0.15, 0.2) is 0 Å². The molecule has 0 bridgehead atoms. The number of hydrogen-bond acceptors (Lipinski definition) is 0. The van der Waals surface area contributed by atoms with Gasteiger partial charge in [0.2, 0.25) is 0 Å². The Labute approximate surface area is 165 Å². The molecule has 0 fully saturated rings. The third-order valence-corrected chi connectivity index (χ3v) is 3.11. The van der Waals surface area contributed by atoms with E-state index >= 15 is 0 Å². The van der Waals surface area contributed by atoms with Crippen molar-refractivity contribution in [3.63, 3.8) is 0 Å². The first-order chi connectivity index (χ1) is 9.13. The normalized spacial score (nSPS) is 21.4. The second-order valence-corrected chi connectivity index (χ2v) is 18.6. The summed E-state index contributed by atoms with van der Waals surface area (Å²) < 4.78 is 0. The SMILES string of the molecule is CC1=[C-]C(C)C(C)=C1.CC1=[C-]C(C)C=C1C.C[Si](C)=[Hf+2].[Cl-].[Cl-]. The molecule has 0 heterocycles. The summed E-state index contributed by atoms with van der Waals surface area (Å²) in [5, 5.41) is 0. The predicted octanol–water partition coefficient (Wildman–Crippen LogP) is -0.544. The molecule has 0 aromatic carbocycles. The molecule has 0 radical (unpaired) electrons. The number of rotatable bonds is 0. The second-order valence-electron chi connectivity index (χ2n) is 5.85. The zero-order chi connectivity index (χ0) is 15.9. The molecule has 124 valence electrons. The first kappa shape index (κ1) is 27.5. The minimum atomic E-state index is 0. The Morgan fingerprint density at radius 2 is 1.45 bits per heavy atom. The van der Waals surface area contributed by atoms with Crippen LogP contribution in [0.5, 0.6) is 0 Å². The van der Waals surface area contributed by atoms with Gasteiger partial charge in [0.05, 0.1) is 0 Å². The first-order valence-electron chi connectivity index (χ1n) is 7.22. The fraction of sp³-hybridized carbons (Fsp3) is 0.556. The molecule has 2 atom stereocenters. The van der Waals surface area contributed by atoms with Crippen LogP contribution in [0.4, 0.5) is 0 Å². The van der Waals surface area contributed by atoms with Crippen LogP contribution < -0.4 is 24.8 Å². The van der Waals surface area contributed by atoms with Crippen LogP contribution in [0.3, 0.4) is 0 Å². The van der Waals surface area contributed by atoms with Crippen LogP contribution in [0.15, 0.2) is 34.4 Å². The predicted molar refractivity (Wildman–Crippen MR) is 88.2 cm³/mol. The molecular weight excluding hydrogens is 494 g/mol. The zero-order valence-electron chi connectivity index (χ0n) is 15.1. The van der Waals surface area contributed by atoms with Crippen LogP contribution in [-0.4, -0.2) is 5.49 Å². The Kier molecular flexibility index (Phi) is 17.5. The van der Waals surface area contributed by atoms with Gasteiger partial charge in [0.1, 0.15) is 0 Å². The molecular formula is C18H28Cl2HfSi-2. The van der Waals surface area contributed by atoms with Crippen molar-refractivity contribution in [3.8, 4) is 0 Å². The van der Waals surface area contributed by atoms with Gasteiger partial charge in [-0.05, 0) is 0 Å². The molecule has 0 amide bonds. The Bertz CT molecular complexity index is 451. The molecule has 2 aliphatic rings. The van der Waals surface area contributed by atoms with Crippen molar-refractivity contribution in [3.05, 3.63) is 46.6 Å². The van der Waals surface area contributed by atoms with E-state index in [0.717, 1.165) is 0 Å². The Morgan fingerprint density at radius 1 is 1.00 bits per heavy atom. The van der Waals surface area contributed by atoms with E-state index in [1.807, 2.05) is 0 Å². The number of halogens is 2. The van der Waals surface area contributed by atoms with Crippen molar-refractivity contribution in [1.82, 2.24) is 0 Å². The van der Waals surface area contributed by atoms with Crippen molar-refractivity contribution < 1.29 is 47.8 Å². The van der Waals surface area contributed by atoms with Crippen LogP contribution >= 0.6 is 0 Å². The minimum absolute atomic E-state index is 0. The molecule has 2 unspecified atom stereocenters. The van der Waals surface area contributed by atoms with Gasteiger partial charge in [0, 0.05) is 0 Å². The van der Waals surface area contributed by atoms with Gasteiger partial charge in [0.25, 0.3) is 0 Å². The fourth-order valence-corrected chi connectivity index (χ4v) is 1.96. The molecule has 0 aromatic rings. The van der Waals surface area contributed by atoms with Crippen molar-refractivity contribution >= 4 is 5.49 Å². The third kappa shape index (κ3) is 13.1. The van der Waals surface area contributed by atoms with E-state index in [0.29, 0.717) is 11.8 Å². The molecule has 0 N–H and O–H groups in total. The summed E-state index contributed by atoms with van der Waals surface area (Å²) in [7, 11) is 0. The smallest absolute Gasteiger partial charge is 1.00 e. The molecule has 0 saturated carbocycles. The molecule has 0 nitrogen and oxygen atoms in total. The van der Waals surface area contributed by atoms with Gasteiger partial charge in [-0.2, -0.15) is 11.6 Å². The van der Waals surface area contributed by atoms with Crippen molar-refractivity contribution in [2.24, 2.45) is 11.8 Å². The van der Waals surface area contributed by atoms with Crippen molar-refractivity contribution in [2.45, 2.75) is 54.6 Å². The van der Waals surface area contributed by atoms with Gasteiger partial charge < -0.3 is 24.8 Å². The average Bonchev–Trinajstić information content (AvgIpc) is 2.70. The summed E-state index contributed by atoms with van der Waals surface area (Å²) in [6, 6.07) is 0.